The Morgan fingerprint density at radius 1 is 1.29 bits per heavy atom. The Morgan fingerprint density at radius 3 is 2.21 bits per heavy atom. The molecule has 0 amide bonds. The molecule has 14 heavy (non-hydrogen) atoms. The summed E-state index contributed by atoms with van der Waals surface area (Å²) in [4.78, 5) is 0. The zero-order chi connectivity index (χ0) is 10.9. The highest BCUT2D eigenvalue weighted by molar-refractivity contribution is 7.80. The smallest absolute Gasteiger partial charge is 0.0625 e. The summed E-state index contributed by atoms with van der Waals surface area (Å²) in [6, 6.07) is 0. The molecule has 0 saturated heterocycles. The lowest BCUT2D eigenvalue weighted by molar-refractivity contribution is 0.329. The summed E-state index contributed by atoms with van der Waals surface area (Å²) in [5.74, 6) is 0.879. The maximum absolute atomic E-state index is 4.53. The predicted octanol–water partition coefficient (Wildman–Crippen LogP) is 2.76. The van der Waals surface area contributed by atoms with Gasteiger partial charge in [0.2, 0.25) is 0 Å². The van der Waals surface area contributed by atoms with Crippen LogP contribution in [0.25, 0.3) is 0 Å². The fourth-order valence-electron chi connectivity index (χ4n) is 1.40. The summed E-state index contributed by atoms with van der Waals surface area (Å²) in [5, 5.41) is 4.53. The molecular weight excluding hydrogens is 192 g/mol. The number of thiol groups is 1. The van der Waals surface area contributed by atoms with Crippen molar-refractivity contribution >= 4 is 12.6 Å². The first-order valence-corrected chi connectivity index (χ1v) is 5.62. The van der Waals surface area contributed by atoms with Crippen LogP contribution in [-0.2, 0) is 6.54 Å². The van der Waals surface area contributed by atoms with Gasteiger partial charge in [-0.25, -0.2) is 0 Å². The summed E-state index contributed by atoms with van der Waals surface area (Å²) in [6.07, 6.45) is 0. The van der Waals surface area contributed by atoms with E-state index in [1.54, 1.807) is 0 Å². The molecule has 3 heteroatoms. The summed E-state index contributed by atoms with van der Waals surface area (Å²) in [5.41, 5.74) is 3.92. The van der Waals surface area contributed by atoms with Crippen LogP contribution >= 0.6 is 12.6 Å². The van der Waals surface area contributed by atoms with Gasteiger partial charge in [0, 0.05) is 12.2 Å². The van der Waals surface area contributed by atoms with Crippen LogP contribution < -0.4 is 0 Å². The SMILES string of the molecule is Cc1nn(CC(C)(C)CS)c(C)c1C. The third kappa shape index (κ3) is 2.32. The fourth-order valence-corrected chi connectivity index (χ4v) is 1.50. The number of nitrogens with zero attached hydrogens (tertiary/aromatic N) is 2. The maximum Gasteiger partial charge on any atom is 0.0625 e. The average molecular weight is 212 g/mol. The van der Waals surface area contributed by atoms with Crippen LogP contribution in [0.4, 0.5) is 0 Å². The van der Waals surface area contributed by atoms with Crippen LogP contribution in [0.2, 0.25) is 0 Å². The van der Waals surface area contributed by atoms with Crippen molar-refractivity contribution in [3.05, 3.63) is 17.0 Å². The Bertz CT molecular complexity index is 326. The van der Waals surface area contributed by atoms with E-state index in [1.165, 1.54) is 11.3 Å². The minimum atomic E-state index is 0.207. The summed E-state index contributed by atoms with van der Waals surface area (Å²) in [6.45, 7) is 11.7. The lowest BCUT2D eigenvalue weighted by Crippen LogP contribution is -2.23. The molecule has 0 atom stereocenters. The third-order valence-corrected chi connectivity index (χ3v) is 3.61. The number of hydrogen-bond donors (Lipinski definition) is 1. The van der Waals surface area contributed by atoms with E-state index in [9.17, 15) is 0 Å². The van der Waals surface area contributed by atoms with E-state index in [1.807, 2.05) is 0 Å². The predicted molar refractivity (Wildman–Crippen MR) is 64.1 cm³/mol. The van der Waals surface area contributed by atoms with Gasteiger partial charge in [-0.15, -0.1) is 0 Å². The van der Waals surface area contributed by atoms with Gasteiger partial charge in [-0.2, -0.15) is 17.7 Å². The second kappa shape index (κ2) is 3.97. The minimum absolute atomic E-state index is 0.207. The van der Waals surface area contributed by atoms with E-state index < -0.39 is 0 Å². The van der Waals surface area contributed by atoms with Crippen molar-refractivity contribution in [2.45, 2.75) is 41.2 Å². The second-order valence-electron chi connectivity index (χ2n) is 4.78. The first kappa shape index (κ1) is 11.6. The third-order valence-electron chi connectivity index (χ3n) is 2.75. The topological polar surface area (TPSA) is 17.8 Å². The van der Waals surface area contributed by atoms with E-state index in [0.29, 0.717) is 0 Å². The molecule has 1 aromatic heterocycles. The molecule has 0 N–H and O–H groups in total. The molecule has 1 rings (SSSR count). The average Bonchev–Trinajstić information content (AvgIpc) is 2.33. The molecule has 80 valence electrons. The van der Waals surface area contributed by atoms with Crippen molar-refractivity contribution in [1.29, 1.82) is 0 Å². The molecule has 0 aromatic carbocycles. The largest absolute Gasteiger partial charge is 0.269 e. The van der Waals surface area contributed by atoms with Crippen LogP contribution in [0.3, 0.4) is 0 Å². The zero-order valence-corrected chi connectivity index (χ0v) is 10.7. The van der Waals surface area contributed by atoms with Crippen molar-refractivity contribution in [3.63, 3.8) is 0 Å². The minimum Gasteiger partial charge on any atom is -0.269 e. The van der Waals surface area contributed by atoms with Crippen LogP contribution in [0, 0.1) is 26.2 Å². The summed E-state index contributed by atoms with van der Waals surface area (Å²) in [7, 11) is 0. The molecule has 0 unspecified atom stereocenters. The van der Waals surface area contributed by atoms with E-state index in [4.69, 9.17) is 0 Å². The summed E-state index contributed by atoms with van der Waals surface area (Å²) < 4.78 is 2.10. The normalized spacial score (nSPS) is 12.1. The van der Waals surface area contributed by atoms with E-state index in [2.05, 4.69) is 57.0 Å². The van der Waals surface area contributed by atoms with Gasteiger partial charge in [0.25, 0.3) is 0 Å². The van der Waals surface area contributed by atoms with Gasteiger partial charge in [0.05, 0.1) is 5.69 Å². The number of rotatable bonds is 3. The van der Waals surface area contributed by atoms with Gasteiger partial charge in [0.1, 0.15) is 0 Å². The molecule has 0 saturated carbocycles. The molecule has 1 heterocycles. The molecule has 0 radical (unpaired) electrons. The highest BCUT2D eigenvalue weighted by Crippen LogP contribution is 2.21. The Morgan fingerprint density at radius 2 is 1.86 bits per heavy atom. The first-order valence-electron chi connectivity index (χ1n) is 4.99. The number of aromatic nitrogens is 2. The van der Waals surface area contributed by atoms with Crippen molar-refractivity contribution in [2.24, 2.45) is 5.41 Å². The number of aryl methyl sites for hydroxylation is 1. The monoisotopic (exact) mass is 212 g/mol. The highest BCUT2D eigenvalue weighted by atomic mass is 32.1. The van der Waals surface area contributed by atoms with E-state index in [0.717, 1.165) is 18.0 Å². The molecular formula is C11H20N2S. The Labute approximate surface area is 92.1 Å². The molecule has 0 spiro atoms. The molecule has 2 nitrogen and oxygen atoms in total. The van der Waals surface area contributed by atoms with Gasteiger partial charge >= 0.3 is 0 Å². The van der Waals surface area contributed by atoms with Crippen molar-refractivity contribution in [1.82, 2.24) is 9.78 Å². The molecule has 0 aliphatic heterocycles. The second-order valence-corrected chi connectivity index (χ2v) is 5.09. The van der Waals surface area contributed by atoms with Crippen LogP contribution in [0.1, 0.15) is 30.8 Å². The lowest BCUT2D eigenvalue weighted by atomic mass is 9.96. The molecule has 0 fully saturated rings. The van der Waals surface area contributed by atoms with Crippen molar-refractivity contribution in [3.8, 4) is 0 Å². The van der Waals surface area contributed by atoms with Gasteiger partial charge < -0.3 is 0 Å². The Kier molecular flexibility index (Phi) is 3.30. The lowest BCUT2D eigenvalue weighted by Gasteiger charge is -2.22. The summed E-state index contributed by atoms with van der Waals surface area (Å²) >= 11 is 4.36. The van der Waals surface area contributed by atoms with Crippen LogP contribution in [0.15, 0.2) is 0 Å². The Balaban J connectivity index is 2.93. The van der Waals surface area contributed by atoms with Crippen molar-refractivity contribution < 1.29 is 0 Å². The van der Waals surface area contributed by atoms with Crippen LogP contribution in [0.5, 0.6) is 0 Å². The zero-order valence-electron chi connectivity index (χ0n) is 9.76. The van der Waals surface area contributed by atoms with Gasteiger partial charge in [-0.05, 0) is 37.5 Å². The van der Waals surface area contributed by atoms with Gasteiger partial charge in [-0.3, -0.25) is 4.68 Å². The highest BCUT2D eigenvalue weighted by Gasteiger charge is 2.19. The van der Waals surface area contributed by atoms with E-state index >= 15 is 0 Å². The number of hydrogen-bond acceptors (Lipinski definition) is 2. The Hall–Kier alpha value is -0.440. The quantitative estimate of drug-likeness (QED) is 0.763. The molecule has 1 aromatic rings. The van der Waals surface area contributed by atoms with E-state index in [-0.39, 0.29) is 5.41 Å². The van der Waals surface area contributed by atoms with Gasteiger partial charge in [-0.1, -0.05) is 13.8 Å². The van der Waals surface area contributed by atoms with Crippen molar-refractivity contribution in [2.75, 3.05) is 5.75 Å². The molecule has 0 bridgehead atoms. The van der Waals surface area contributed by atoms with Gasteiger partial charge in [0.15, 0.2) is 0 Å². The molecule has 0 aliphatic carbocycles. The van der Waals surface area contributed by atoms with Crippen LogP contribution in [-0.4, -0.2) is 15.5 Å². The maximum atomic E-state index is 4.53. The molecule has 0 aliphatic rings. The first-order chi connectivity index (χ1) is 6.37. The fraction of sp³-hybridized carbons (Fsp3) is 0.727. The standard InChI is InChI=1S/C11H20N2S/c1-8-9(2)12-13(10(8)3)6-11(4,5)7-14/h14H,6-7H2,1-5H3.